The van der Waals surface area contributed by atoms with Crippen LogP contribution in [0.2, 0.25) is 0 Å². The van der Waals surface area contributed by atoms with Crippen molar-refractivity contribution in [2.45, 2.75) is 91.1 Å². The number of nitrogens with zero attached hydrogens (tertiary/aromatic N) is 1. The fourth-order valence-electron chi connectivity index (χ4n) is 4.23. The fraction of sp³-hybridized carbons (Fsp3) is 0.531. The molecule has 2 aromatic carbocycles. The summed E-state index contributed by atoms with van der Waals surface area (Å²) in [6.45, 7) is 12.5. The van der Waals surface area contributed by atoms with Crippen molar-refractivity contribution < 1.29 is 37.0 Å². The lowest BCUT2D eigenvalue weighted by Gasteiger charge is -2.32. The van der Waals surface area contributed by atoms with Crippen LogP contribution in [0.5, 0.6) is 0 Å². The van der Waals surface area contributed by atoms with Crippen LogP contribution in [0.1, 0.15) is 81.9 Å². The van der Waals surface area contributed by atoms with Crippen molar-refractivity contribution >= 4 is 34.1 Å². The SMILES string of the molecule is CN(c1cc(COCC(C)(Cc2cccc(CCC=O)c2)NC(=O)OC(C)(C)C)cc(C(=O)OC(C)(C)C)c1)S(C)(=O)=O. The molecule has 11 heteroatoms. The van der Waals surface area contributed by atoms with Gasteiger partial charge in [-0.15, -0.1) is 0 Å². The number of rotatable bonds is 13. The summed E-state index contributed by atoms with van der Waals surface area (Å²) >= 11 is 0. The Hall–Kier alpha value is -3.44. The highest BCUT2D eigenvalue weighted by atomic mass is 32.2. The predicted molar refractivity (Wildman–Crippen MR) is 167 cm³/mol. The van der Waals surface area contributed by atoms with Gasteiger partial charge in [0, 0.05) is 13.5 Å². The zero-order chi connectivity index (χ0) is 32.6. The molecule has 0 bridgehead atoms. The van der Waals surface area contributed by atoms with Crippen LogP contribution >= 0.6 is 0 Å². The molecule has 0 aliphatic rings. The van der Waals surface area contributed by atoms with Crippen LogP contribution in [0, 0.1) is 0 Å². The number of anilines is 1. The van der Waals surface area contributed by atoms with Crippen LogP contribution in [0.4, 0.5) is 10.5 Å². The molecule has 0 fully saturated rings. The molecular formula is C32H46N2O8S. The molecule has 0 aliphatic carbocycles. The number of amides is 1. The minimum Gasteiger partial charge on any atom is -0.456 e. The summed E-state index contributed by atoms with van der Waals surface area (Å²) in [6.07, 6.45) is 2.79. The summed E-state index contributed by atoms with van der Waals surface area (Å²) in [4.78, 5) is 36.6. The summed E-state index contributed by atoms with van der Waals surface area (Å²) in [5.41, 5.74) is 0.609. The number of hydrogen-bond acceptors (Lipinski definition) is 8. The highest BCUT2D eigenvalue weighted by molar-refractivity contribution is 7.92. The van der Waals surface area contributed by atoms with E-state index < -0.39 is 38.8 Å². The first-order chi connectivity index (χ1) is 19.7. The smallest absolute Gasteiger partial charge is 0.408 e. The van der Waals surface area contributed by atoms with Gasteiger partial charge in [-0.25, -0.2) is 18.0 Å². The van der Waals surface area contributed by atoms with E-state index in [0.717, 1.165) is 28.0 Å². The van der Waals surface area contributed by atoms with Gasteiger partial charge in [0.2, 0.25) is 10.0 Å². The maximum absolute atomic E-state index is 12.9. The number of alkyl carbamates (subject to hydrolysis) is 1. The van der Waals surface area contributed by atoms with Crippen LogP contribution in [0.15, 0.2) is 42.5 Å². The van der Waals surface area contributed by atoms with E-state index in [1.54, 1.807) is 53.7 Å². The molecule has 43 heavy (non-hydrogen) atoms. The van der Waals surface area contributed by atoms with E-state index in [-0.39, 0.29) is 24.5 Å². The number of carbonyl (C=O) groups excluding carboxylic acids is 3. The van der Waals surface area contributed by atoms with Crippen LogP contribution in [0.3, 0.4) is 0 Å². The lowest BCUT2D eigenvalue weighted by molar-refractivity contribution is -0.107. The zero-order valence-corrected chi connectivity index (χ0v) is 27.6. The monoisotopic (exact) mass is 618 g/mol. The van der Waals surface area contributed by atoms with Crippen LogP contribution in [-0.2, 0) is 48.5 Å². The molecule has 2 aromatic rings. The molecule has 1 amide bonds. The van der Waals surface area contributed by atoms with E-state index in [4.69, 9.17) is 14.2 Å². The summed E-state index contributed by atoms with van der Waals surface area (Å²) in [5.74, 6) is -0.594. The normalized spacial score (nSPS) is 13.5. The van der Waals surface area contributed by atoms with Gasteiger partial charge in [0.05, 0.1) is 36.3 Å². The van der Waals surface area contributed by atoms with Crippen molar-refractivity contribution in [2.75, 3.05) is 24.2 Å². The van der Waals surface area contributed by atoms with E-state index in [1.165, 1.54) is 13.1 Å². The summed E-state index contributed by atoms with van der Waals surface area (Å²) in [7, 11) is -2.20. The molecular weight excluding hydrogens is 572 g/mol. The van der Waals surface area contributed by atoms with E-state index in [1.807, 2.05) is 31.2 Å². The van der Waals surface area contributed by atoms with Crippen molar-refractivity contribution in [1.29, 1.82) is 0 Å². The predicted octanol–water partition coefficient (Wildman–Crippen LogP) is 5.21. The Kier molecular flexibility index (Phi) is 11.9. The van der Waals surface area contributed by atoms with Gasteiger partial charge in [-0.05, 0) is 96.2 Å². The third-order valence-corrected chi connectivity index (χ3v) is 7.31. The topological polar surface area (TPSA) is 128 Å². The minimum atomic E-state index is -3.61. The van der Waals surface area contributed by atoms with Gasteiger partial charge >= 0.3 is 12.1 Å². The van der Waals surface area contributed by atoms with Crippen molar-refractivity contribution in [2.24, 2.45) is 0 Å². The van der Waals surface area contributed by atoms with Gasteiger partial charge in [0.1, 0.15) is 17.5 Å². The summed E-state index contributed by atoms with van der Waals surface area (Å²) in [5, 5.41) is 2.95. The third kappa shape index (κ3) is 12.8. The summed E-state index contributed by atoms with van der Waals surface area (Å²) in [6, 6.07) is 12.5. The maximum Gasteiger partial charge on any atom is 0.408 e. The van der Waals surface area contributed by atoms with Gasteiger partial charge in [-0.2, -0.15) is 0 Å². The van der Waals surface area contributed by atoms with Gasteiger partial charge in [-0.3, -0.25) is 4.31 Å². The molecule has 0 aromatic heterocycles. The summed E-state index contributed by atoms with van der Waals surface area (Å²) < 4.78 is 42.7. The number of benzene rings is 2. The first-order valence-electron chi connectivity index (χ1n) is 14.1. The Balaban J connectivity index is 2.35. The van der Waals surface area contributed by atoms with E-state index in [0.29, 0.717) is 24.8 Å². The van der Waals surface area contributed by atoms with Crippen molar-refractivity contribution in [3.05, 3.63) is 64.7 Å². The lowest BCUT2D eigenvalue weighted by Crippen LogP contribution is -2.52. The standard InChI is InChI=1S/C32H46N2O8S/c1-30(2,3)41-28(36)26-17-25(18-27(19-26)34(8)43(9,38)39)21-40-22-32(7,33-29(37)42-31(4,5)6)20-24-13-10-12-23(16-24)14-11-15-35/h10,12-13,15-19H,11,14,20-22H2,1-9H3,(H,33,37). The van der Waals surface area contributed by atoms with Gasteiger partial charge in [-0.1, -0.05) is 24.3 Å². The molecule has 10 nitrogen and oxygen atoms in total. The van der Waals surface area contributed by atoms with Crippen molar-refractivity contribution in [1.82, 2.24) is 5.32 Å². The number of sulfonamides is 1. The molecule has 1 N–H and O–H groups in total. The van der Waals surface area contributed by atoms with Crippen LogP contribution in [0.25, 0.3) is 0 Å². The second kappa shape index (κ2) is 14.4. The molecule has 0 saturated heterocycles. The third-order valence-electron chi connectivity index (χ3n) is 6.10. The molecule has 0 heterocycles. The molecule has 0 spiro atoms. The number of ether oxygens (including phenoxy) is 3. The largest absolute Gasteiger partial charge is 0.456 e. The average molecular weight is 619 g/mol. The Morgan fingerprint density at radius 2 is 1.53 bits per heavy atom. The Labute approximate surface area is 256 Å². The Bertz CT molecular complexity index is 1390. The molecule has 1 unspecified atom stereocenters. The van der Waals surface area contributed by atoms with Crippen molar-refractivity contribution in [3.63, 3.8) is 0 Å². The number of aldehydes is 1. The fourth-order valence-corrected chi connectivity index (χ4v) is 4.72. The first-order valence-corrected chi connectivity index (χ1v) is 16.0. The quantitative estimate of drug-likeness (QED) is 0.239. The highest BCUT2D eigenvalue weighted by Gasteiger charge is 2.30. The second-order valence-corrected chi connectivity index (χ2v) is 15.0. The van der Waals surface area contributed by atoms with E-state index in [9.17, 15) is 22.8 Å². The number of hydrogen-bond donors (Lipinski definition) is 1. The number of carbonyl (C=O) groups is 3. The molecule has 238 valence electrons. The van der Waals surface area contributed by atoms with E-state index in [2.05, 4.69) is 5.32 Å². The number of aryl methyl sites for hydroxylation is 1. The van der Waals surface area contributed by atoms with Gasteiger partial charge in [0.15, 0.2) is 0 Å². The number of nitrogens with one attached hydrogen (secondary N) is 1. The average Bonchev–Trinajstić information content (AvgIpc) is 2.84. The Morgan fingerprint density at radius 3 is 2.12 bits per heavy atom. The highest BCUT2D eigenvalue weighted by Crippen LogP contribution is 2.24. The van der Waals surface area contributed by atoms with Crippen molar-refractivity contribution in [3.8, 4) is 0 Å². The number of esters is 1. The zero-order valence-electron chi connectivity index (χ0n) is 26.8. The second-order valence-electron chi connectivity index (χ2n) is 13.0. The van der Waals surface area contributed by atoms with E-state index >= 15 is 0 Å². The maximum atomic E-state index is 12.9. The van der Waals surface area contributed by atoms with Crippen LogP contribution < -0.4 is 9.62 Å². The van der Waals surface area contributed by atoms with Gasteiger partial charge in [0.25, 0.3) is 0 Å². The van der Waals surface area contributed by atoms with Gasteiger partial charge < -0.3 is 24.3 Å². The van der Waals surface area contributed by atoms with Crippen LogP contribution in [-0.4, -0.2) is 63.4 Å². The molecule has 0 saturated carbocycles. The molecule has 0 radical (unpaired) electrons. The molecule has 1 atom stereocenters. The Morgan fingerprint density at radius 1 is 0.907 bits per heavy atom. The first kappa shape index (κ1) is 35.8. The molecule has 0 aliphatic heterocycles. The molecule has 2 rings (SSSR count). The lowest BCUT2D eigenvalue weighted by atomic mass is 9.92. The minimum absolute atomic E-state index is 0.0200.